The SMILES string of the molecule is Cn1ccnc1CNC(=O)C1CN(c2ccc(F)cc2)CCN1. The zero-order chi connectivity index (χ0) is 16.2. The van der Waals surface area contributed by atoms with E-state index < -0.39 is 0 Å². The highest BCUT2D eigenvalue weighted by atomic mass is 19.1. The molecule has 6 nitrogen and oxygen atoms in total. The lowest BCUT2D eigenvalue weighted by molar-refractivity contribution is -0.123. The summed E-state index contributed by atoms with van der Waals surface area (Å²) in [4.78, 5) is 18.6. The number of amides is 1. The third kappa shape index (κ3) is 3.68. The minimum atomic E-state index is -0.297. The third-order valence-corrected chi connectivity index (χ3v) is 4.03. The molecule has 23 heavy (non-hydrogen) atoms. The van der Waals surface area contributed by atoms with Gasteiger partial charge in [0.15, 0.2) is 0 Å². The summed E-state index contributed by atoms with van der Waals surface area (Å²) in [5.41, 5.74) is 0.926. The fraction of sp³-hybridized carbons (Fsp3) is 0.375. The number of carbonyl (C=O) groups excluding carboxylic acids is 1. The maximum Gasteiger partial charge on any atom is 0.239 e. The first-order valence-corrected chi connectivity index (χ1v) is 7.61. The molecule has 0 aliphatic carbocycles. The van der Waals surface area contributed by atoms with Crippen LogP contribution in [0.5, 0.6) is 0 Å². The second-order valence-corrected chi connectivity index (χ2v) is 5.60. The highest BCUT2D eigenvalue weighted by molar-refractivity contribution is 5.82. The van der Waals surface area contributed by atoms with Gasteiger partial charge in [-0.05, 0) is 24.3 Å². The summed E-state index contributed by atoms with van der Waals surface area (Å²) in [6.45, 7) is 2.45. The Kier molecular flexibility index (Phi) is 4.57. The van der Waals surface area contributed by atoms with Gasteiger partial charge >= 0.3 is 0 Å². The van der Waals surface area contributed by atoms with Crippen LogP contribution in [0.15, 0.2) is 36.7 Å². The zero-order valence-electron chi connectivity index (χ0n) is 13.0. The molecule has 3 rings (SSSR count). The minimum absolute atomic E-state index is 0.0557. The van der Waals surface area contributed by atoms with Gasteiger partial charge in [0.25, 0.3) is 0 Å². The zero-order valence-corrected chi connectivity index (χ0v) is 13.0. The van der Waals surface area contributed by atoms with Crippen molar-refractivity contribution < 1.29 is 9.18 Å². The lowest BCUT2D eigenvalue weighted by atomic mass is 10.1. The van der Waals surface area contributed by atoms with Gasteiger partial charge in [-0.2, -0.15) is 0 Å². The van der Waals surface area contributed by atoms with Crippen LogP contribution in [-0.2, 0) is 18.4 Å². The first kappa shape index (κ1) is 15.5. The van der Waals surface area contributed by atoms with Gasteiger partial charge in [-0.15, -0.1) is 0 Å². The summed E-state index contributed by atoms with van der Waals surface area (Å²) in [5.74, 6) is 0.498. The van der Waals surface area contributed by atoms with Crippen molar-refractivity contribution in [3.05, 3.63) is 48.3 Å². The Bertz CT molecular complexity index is 669. The van der Waals surface area contributed by atoms with Crippen LogP contribution in [-0.4, -0.2) is 41.1 Å². The summed E-state index contributed by atoms with van der Waals surface area (Å²) in [5, 5.41) is 6.13. The third-order valence-electron chi connectivity index (χ3n) is 4.03. The number of piperazine rings is 1. The second kappa shape index (κ2) is 6.78. The Morgan fingerprint density at radius 2 is 2.22 bits per heavy atom. The number of hydrogen-bond donors (Lipinski definition) is 2. The number of nitrogens with one attached hydrogen (secondary N) is 2. The van der Waals surface area contributed by atoms with Crippen LogP contribution in [0.2, 0.25) is 0 Å². The highest BCUT2D eigenvalue weighted by Gasteiger charge is 2.25. The molecule has 2 heterocycles. The molecule has 7 heteroatoms. The number of imidazole rings is 1. The second-order valence-electron chi connectivity index (χ2n) is 5.60. The maximum atomic E-state index is 13.0. The van der Waals surface area contributed by atoms with Crippen LogP contribution in [0.4, 0.5) is 10.1 Å². The summed E-state index contributed by atoms with van der Waals surface area (Å²) in [7, 11) is 1.89. The van der Waals surface area contributed by atoms with Crippen molar-refractivity contribution in [3.63, 3.8) is 0 Å². The number of hydrogen-bond acceptors (Lipinski definition) is 4. The molecular weight excluding hydrogens is 297 g/mol. The standard InChI is InChI=1S/C16H20FN5O/c1-21-8-6-19-15(21)10-20-16(23)14-11-22(9-7-18-14)13-4-2-12(17)3-5-13/h2-6,8,14,18H,7,9-11H2,1H3,(H,20,23). The van der Waals surface area contributed by atoms with Crippen LogP contribution in [0.25, 0.3) is 0 Å². The lowest BCUT2D eigenvalue weighted by Gasteiger charge is -2.34. The number of aromatic nitrogens is 2. The first-order valence-electron chi connectivity index (χ1n) is 7.61. The van der Waals surface area contributed by atoms with E-state index in [2.05, 4.69) is 20.5 Å². The number of nitrogens with zero attached hydrogens (tertiary/aromatic N) is 3. The summed E-state index contributed by atoms with van der Waals surface area (Å²) in [6.07, 6.45) is 3.55. The van der Waals surface area contributed by atoms with E-state index in [0.717, 1.165) is 18.1 Å². The molecule has 0 spiro atoms. The van der Waals surface area contributed by atoms with E-state index in [4.69, 9.17) is 0 Å². The molecule has 122 valence electrons. The van der Waals surface area contributed by atoms with Crippen LogP contribution < -0.4 is 15.5 Å². The number of carbonyl (C=O) groups is 1. The van der Waals surface area contributed by atoms with Crippen LogP contribution >= 0.6 is 0 Å². The van der Waals surface area contributed by atoms with Gasteiger partial charge in [-0.1, -0.05) is 0 Å². The molecular formula is C16H20FN5O. The Hall–Kier alpha value is -2.41. The number of halogens is 1. The summed E-state index contributed by atoms with van der Waals surface area (Å²) in [6, 6.07) is 6.06. The number of anilines is 1. The largest absolute Gasteiger partial charge is 0.368 e. The molecule has 1 fully saturated rings. The van der Waals surface area contributed by atoms with Crippen molar-refractivity contribution in [1.29, 1.82) is 0 Å². The van der Waals surface area contributed by atoms with E-state index in [1.165, 1.54) is 12.1 Å². The topological polar surface area (TPSA) is 62.2 Å². The molecule has 1 aliphatic heterocycles. The van der Waals surface area contributed by atoms with Gasteiger partial charge in [0.2, 0.25) is 5.91 Å². The average Bonchev–Trinajstić information content (AvgIpc) is 2.98. The van der Waals surface area contributed by atoms with Crippen molar-refractivity contribution >= 4 is 11.6 Å². The molecule has 0 radical (unpaired) electrons. The smallest absolute Gasteiger partial charge is 0.239 e. The Balaban J connectivity index is 1.58. The van der Waals surface area contributed by atoms with Gasteiger partial charge < -0.3 is 20.1 Å². The summed E-state index contributed by atoms with van der Waals surface area (Å²) >= 11 is 0. The molecule has 2 N–H and O–H groups in total. The van der Waals surface area contributed by atoms with E-state index in [1.54, 1.807) is 18.3 Å². The fourth-order valence-corrected chi connectivity index (χ4v) is 2.67. The molecule has 1 saturated heterocycles. The van der Waals surface area contributed by atoms with E-state index in [-0.39, 0.29) is 17.8 Å². The van der Waals surface area contributed by atoms with Crippen molar-refractivity contribution in [3.8, 4) is 0 Å². The van der Waals surface area contributed by atoms with E-state index in [9.17, 15) is 9.18 Å². The van der Waals surface area contributed by atoms with Crippen molar-refractivity contribution in [2.24, 2.45) is 7.05 Å². The molecule has 1 atom stereocenters. The number of rotatable bonds is 4. The molecule has 0 saturated carbocycles. The normalized spacial score (nSPS) is 18.0. The Morgan fingerprint density at radius 3 is 2.91 bits per heavy atom. The monoisotopic (exact) mass is 317 g/mol. The molecule has 1 aromatic heterocycles. The van der Waals surface area contributed by atoms with Crippen molar-refractivity contribution in [2.75, 3.05) is 24.5 Å². The maximum absolute atomic E-state index is 13.0. The van der Waals surface area contributed by atoms with Crippen LogP contribution in [0.1, 0.15) is 5.82 Å². The quantitative estimate of drug-likeness (QED) is 0.869. The molecule has 1 aliphatic rings. The molecule has 1 amide bonds. The summed E-state index contributed by atoms with van der Waals surface area (Å²) < 4.78 is 14.9. The van der Waals surface area contributed by atoms with Gasteiger partial charge in [-0.3, -0.25) is 4.79 Å². The Labute approximate surface area is 134 Å². The van der Waals surface area contributed by atoms with E-state index >= 15 is 0 Å². The number of benzene rings is 1. The predicted molar refractivity (Wildman–Crippen MR) is 85.5 cm³/mol. The lowest BCUT2D eigenvalue weighted by Crippen LogP contribution is -2.57. The molecule has 1 unspecified atom stereocenters. The van der Waals surface area contributed by atoms with E-state index in [0.29, 0.717) is 19.6 Å². The van der Waals surface area contributed by atoms with Gasteiger partial charge in [-0.25, -0.2) is 9.37 Å². The predicted octanol–water partition coefficient (Wildman–Crippen LogP) is 0.654. The van der Waals surface area contributed by atoms with Crippen LogP contribution in [0.3, 0.4) is 0 Å². The Morgan fingerprint density at radius 1 is 1.43 bits per heavy atom. The van der Waals surface area contributed by atoms with E-state index in [1.807, 2.05) is 17.8 Å². The first-order chi connectivity index (χ1) is 11.1. The molecule has 0 bridgehead atoms. The van der Waals surface area contributed by atoms with Crippen molar-refractivity contribution in [1.82, 2.24) is 20.2 Å². The average molecular weight is 317 g/mol. The van der Waals surface area contributed by atoms with Gasteiger partial charge in [0, 0.05) is 44.8 Å². The highest BCUT2D eigenvalue weighted by Crippen LogP contribution is 2.16. The number of aryl methyl sites for hydroxylation is 1. The van der Waals surface area contributed by atoms with Gasteiger partial charge in [0.05, 0.1) is 6.54 Å². The van der Waals surface area contributed by atoms with Gasteiger partial charge in [0.1, 0.15) is 17.7 Å². The molecule has 2 aromatic rings. The molecule has 1 aromatic carbocycles. The van der Waals surface area contributed by atoms with Crippen LogP contribution in [0, 0.1) is 5.82 Å². The fourth-order valence-electron chi connectivity index (χ4n) is 2.67. The van der Waals surface area contributed by atoms with Crippen molar-refractivity contribution in [2.45, 2.75) is 12.6 Å². The minimum Gasteiger partial charge on any atom is -0.368 e.